The van der Waals surface area contributed by atoms with E-state index < -0.39 is 0 Å². The zero-order valence-corrected chi connectivity index (χ0v) is 9.59. The Hall–Kier alpha value is -0.120. The Balaban J connectivity index is 2.47. The summed E-state index contributed by atoms with van der Waals surface area (Å²) in [6, 6.07) is 0. The van der Waals surface area contributed by atoms with Gasteiger partial charge in [0.25, 0.3) is 0 Å². The molecule has 0 radical (unpaired) electrons. The zero-order valence-electron chi connectivity index (χ0n) is 9.59. The summed E-state index contributed by atoms with van der Waals surface area (Å²) in [5.74, 6) is 0. The molecule has 0 aromatic heterocycles. The van der Waals surface area contributed by atoms with Crippen LogP contribution in [0.2, 0.25) is 0 Å². The molecule has 2 N–H and O–H groups in total. The molecular weight excluding hydrogens is 176 g/mol. The first-order chi connectivity index (χ1) is 6.73. The van der Waals surface area contributed by atoms with Gasteiger partial charge in [0.1, 0.15) is 0 Å². The topological polar surface area (TPSA) is 38.5 Å². The maximum Gasteiger partial charge on any atom is 0.0659 e. The lowest BCUT2D eigenvalue weighted by atomic mass is 9.97. The Bertz CT molecular complexity index is 157. The van der Waals surface area contributed by atoms with E-state index >= 15 is 0 Å². The molecule has 84 valence electrons. The summed E-state index contributed by atoms with van der Waals surface area (Å²) in [6.07, 6.45) is 3.98. The van der Waals surface area contributed by atoms with Crippen LogP contribution in [0.15, 0.2) is 0 Å². The first-order valence-electron chi connectivity index (χ1n) is 5.76. The Morgan fingerprint density at radius 2 is 1.93 bits per heavy atom. The van der Waals surface area contributed by atoms with Crippen LogP contribution in [0.5, 0.6) is 0 Å². The summed E-state index contributed by atoms with van der Waals surface area (Å²) in [5.41, 5.74) is 5.91. The number of hydrogen-bond donors (Lipinski definition) is 1. The minimum Gasteiger partial charge on any atom is -0.380 e. The molecule has 1 aliphatic rings. The first kappa shape index (κ1) is 12.0. The molecule has 1 rings (SSSR count). The highest BCUT2D eigenvalue weighted by Crippen LogP contribution is 2.20. The molecule has 1 unspecified atom stereocenters. The molecule has 3 nitrogen and oxygen atoms in total. The van der Waals surface area contributed by atoms with Crippen LogP contribution in [-0.2, 0) is 4.74 Å². The van der Waals surface area contributed by atoms with E-state index in [1.54, 1.807) is 0 Å². The largest absolute Gasteiger partial charge is 0.380 e. The molecule has 14 heavy (non-hydrogen) atoms. The number of hydrogen-bond acceptors (Lipinski definition) is 3. The molecule has 0 spiro atoms. The van der Waals surface area contributed by atoms with E-state index in [1.165, 1.54) is 32.4 Å². The summed E-state index contributed by atoms with van der Waals surface area (Å²) in [5, 5.41) is 0. The Kier molecular flexibility index (Phi) is 4.85. The average molecular weight is 200 g/mol. The lowest BCUT2D eigenvalue weighted by Gasteiger charge is -2.42. The van der Waals surface area contributed by atoms with E-state index in [4.69, 9.17) is 10.5 Å². The third-order valence-corrected chi connectivity index (χ3v) is 3.18. The molecule has 1 saturated heterocycles. The molecule has 0 aliphatic carbocycles. The predicted octanol–water partition coefficient (Wildman–Crippen LogP) is 1.23. The quantitative estimate of drug-likeness (QED) is 0.725. The van der Waals surface area contributed by atoms with Gasteiger partial charge in [0.2, 0.25) is 0 Å². The van der Waals surface area contributed by atoms with Gasteiger partial charge < -0.3 is 10.5 Å². The molecule has 0 amide bonds. The predicted molar refractivity (Wildman–Crippen MR) is 59.4 cm³/mol. The number of likely N-dealkylation sites (tertiary alicyclic amines) is 1. The molecule has 1 atom stereocenters. The minimum atomic E-state index is 0.0520. The van der Waals surface area contributed by atoms with Crippen LogP contribution in [0, 0.1) is 0 Å². The van der Waals surface area contributed by atoms with Crippen molar-refractivity contribution in [1.82, 2.24) is 4.90 Å². The lowest BCUT2D eigenvalue weighted by Crippen LogP contribution is -2.56. The first-order valence-corrected chi connectivity index (χ1v) is 5.76. The van der Waals surface area contributed by atoms with Crippen molar-refractivity contribution in [3.63, 3.8) is 0 Å². The normalized spacial score (nSPS) is 23.4. The average Bonchev–Trinajstić information content (AvgIpc) is 2.27. The van der Waals surface area contributed by atoms with Crippen LogP contribution in [-0.4, -0.2) is 43.3 Å². The van der Waals surface area contributed by atoms with Gasteiger partial charge in [-0.3, -0.25) is 4.90 Å². The summed E-state index contributed by atoms with van der Waals surface area (Å²) in [6.45, 7) is 8.85. The van der Waals surface area contributed by atoms with Crippen LogP contribution in [0.25, 0.3) is 0 Å². The second-order valence-corrected chi connectivity index (χ2v) is 4.39. The second kappa shape index (κ2) is 5.69. The fourth-order valence-corrected chi connectivity index (χ4v) is 2.03. The van der Waals surface area contributed by atoms with E-state index in [0.717, 1.165) is 13.2 Å². The molecule has 1 aliphatic heterocycles. The monoisotopic (exact) mass is 200 g/mol. The highest BCUT2D eigenvalue weighted by molar-refractivity contribution is 4.88. The van der Waals surface area contributed by atoms with Gasteiger partial charge in [-0.2, -0.15) is 0 Å². The SMILES string of the molecule is CCOCC(C)(CN)N1CCCCC1. The number of nitrogens with zero attached hydrogens (tertiary/aromatic N) is 1. The van der Waals surface area contributed by atoms with Gasteiger partial charge in [-0.05, 0) is 39.8 Å². The lowest BCUT2D eigenvalue weighted by molar-refractivity contribution is 0.000929. The number of nitrogens with two attached hydrogens (primary N) is 1. The maximum atomic E-state index is 5.86. The van der Waals surface area contributed by atoms with Crippen molar-refractivity contribution in [2.45, 2.75) is 38.6 Å². The fraction of sp³-hybridized carbons (Fsp3) is 1.00. The summed E-state index contributed by atoms with van der Waals surface area (Å²) < 4.78 is 5.52. The van der Waals surface area contributed by atoms with Crippen molar-refractivity contribution in [2.75, 3.05) is 32.8 Å². The summed E-state index contributed by atoms with van der Waals surface area (Å²) in [4.78, 5) is 2.49. The van der Waals surface area contributed by atoms with Crippen LogP contribution < -0.4 is 5.73 Å². The summed E-state index contributed by atoms with van der Waals surface area (Å²) in [7, 11) is 0. The van der Waals surface area contributed by atoms with Gasteiger partial charge in [-0.15, -0.1) is 0 Å². The highest BCUT2D eigenvalue weighted by Gasteiger charge is 2.31. The fourth-order valence-electron chi connectivity index (χ4n) is 2.03. The van der Waals surface area contributed by atoms with Crippen molar-refractivity contribution in [3.8, 4) is 0 Å². The van der Waals surface area contributed by atoms with E-state index in [2.05, 4.69) is 11.8 Å². The third-order valence-electron chi connectivity index (χ3n) is 3.18. The zero-order chi connectivity index (χ0) is 10.4. The number of piperidine rings is 1. The molecule has 0 saturated carbocycles. The molecular formula is C11H24N2O. The summed E-state index contributed by atoms with van der Waals surface area (Å²) >= 11 is 0. The minimum absolute atomic E-state index is 0.0520. The van der Waals surface area contributed by atoms with Crippen LogP contribution in [0.1, 0.15) is 33.1 Å². The maximum absolute atomic E-state index is 5.86. The molecule has 1 heterocycles. The Morgan fingerprint density at radius 3 is 2.43 bits per heavy atom. The van der Waals surface area contributed by atoms with Crippen molar-refractivity contribution in [1.29, 1.82) is 0 Å². The standard InChI is InChI=1S/C11H24N2O/c1-3-14-10-11(2,9-12)13-7-5-4-6-8-13/h3-10,12H2,1-2H3. The van der Waals surface area contributed by atoms with Crippen LogP contribution in [0.3, 0.4) is 0 Å². The van der Waals surface area contributed by atoms with Crippen molar-refractivity contribution in [3.05, 3.63) is 0 Å². The number of ether oxygens (including phenoxy) is 1. The second-order valence-electron chi connectivity index (χ2n) is 4.39. The van der Waals surface area contributed by atoms with Crippen LogP contribution in [0.4, 0.5) is 0 Å². The van der Waals surface area contributed by atoms with Gasteiger partial charge in [0.15, 0.2) is 0 Å². The Labute approximate surface area is 87.6 Å². The van der Waals surface area contributed by atoms with Gasteiger partial charge in [-0.25, -0.2) is 0 Å². The molecule has 0 aromatic carbocycles. The van der Waals surface area contributed by atoms with Crippen molar-refractivity contribution >= 4 is 0 Å². The van der Waals surface area contributed by atoms with Crippen molar-refractivity contribution < 1.29 is 4.74 Å². The van der Waals surface area contributed by atoms with Crippen molar-refractivity contribution in [2.24, 2.45) is 5.73 Å². The van der Waals surface area contributed by atoms with E-state index in [-0.39, 0.29) is 5.54 Å². The van der Waals surface area contributed by atoms with E-state index in [9.17, 15) is 0 Å². The van der Waals surface area contributed by atoms with E-state index in [0.29, 0.717) is 6.54 Å². The highest BCUT2D eigenvalue weighted by atomic mass is 16.5. The third kappa shape index (κ3) is 2.94. The molecule has 1 fully saturated rings. The Morgan fingerprint density at radius 1 is 1.29 bits per heavy atom. The van der Waals surface area contributed by atoms with E-state index in [1.807, 2.05) is 6.92 Å². The molecule has 0 bridgehead atoms. The van der Waals surface area contributed by atoms with Gasteiger partial charge in [0, 0.05) is 13.2 Å². The van der Waals surface area contributed by atoms with Gasteiger partial charge in [-0.1, -0.05) is 6.42 Å². The smallest absolute Gasteiger partial charge is 0.0659 e. The van der Waals surface area contributed by atoms with Gasteiger partial charge >= 0.3 is 0 Å². The number of rotatable bonds is 5. The molecule has 0 aromatic rings. The van der Waals surface area contributed by atoms with Gasteiger partial charge in [0.05, 0.1) is 12.1 Å². The van der Waals surface area contributed by atoms with Crippen LogP contribution >= 0.6 is 0 Å². The molecule has 3 heteroatoms.